The van der Waals surface area contributed by atoms with Crippen molar-refractivity contribution in [1.82, 2.24) is 4.98 Å². The number of halogens is 2. The summed E-state index contributed by atoms with van der Waals surface area (Å²) < 4.78 is 12.3. The summed E-state index contributed by atoms with van der Waals surface area (Å²) in [6.07, 6.45) is 1.72. The average molecular weight is 402 g/mol. The zero-order chi connectivity index (χ0) is 14.7. The molecule has 4 nitrogen and oxygen atoms in total. The molecule has 1 aromatic heterocycles. The number of aromatic nitrogens is 1. The summed E-state index contributed by atoms with van der Waals surface area (Å²) in [5.41, 5.74) is 7.92. The number of pyridine rings is 1. The second kappa shape index (κ2) is 6.56. The van der Waals surface area contributed by atoms with Crippen molar-refractivity contribution in [3.05, 3.63) is 50.7 Å². The van der Waals surface area contributed by atoms with Gasteiger partial charge in [-0.05, 0) is 55.6 Å². The highest BCUT2D eigenvalue weighted by Gasteiger charge is 2.16. The van der Waals surface area contributed by atoms with Crippen LogP contribution in [0.2, 0.25) is 0 Å². The van der Waals surface area contributed by atoms with Crippen LogP contribution in [0, 0.1) is 0 Å². The highest BCUT2D eigenvalue weighted by Crippen LogP contribution is 2.31. The lowest BCUT2D eigenvalue weighted by Crippen LogP contribution is -2.14. The molecule has 0 bridgehead atoms. The predicted molar refractivity (Wildman–Crippen MR) is 85.2 cm³/mol. The summed E-state index contributed by atoms with van der Waals surface area (Å²) in [5, 5.41) is 0. The van der Waals surface area contributed by atoms with Gasteiger partial charge in [-0.15, -0.1) is 0 Å². The fraction of sp³-hybridized carbons (Fsp3) is 0.214. The largest absolute Gasteiger partial charge is 0.497 e. The van der Waals surface area contributed by atoms with E-state index in [0.29, 0.717) is 11.5 Å². The molecule has 0 aliphatic carbocycles. The zero-order valence-electron chi connectivity index (χ0n) is 11.1. The fourth-order valence-electron chi connectivity index (χ4n) is 1.82. The van der Waals surface area contributed by atoms with E-state index in [1.165, 1.54) is 0 Å². The summed E-state index contributed by atoms with van der Waals surface area (Å²) in [5.74, 6) is 1.39. The molecule has 2 aromatic rings. The van der Waals surface area contributed by atoms with Crippen LogP contribution in [0.25, 0.3) is 0 Å². The SMILES string of the molecule is COc1cc(OC)cc(C(N)c2ncc(Br)cc2Br)c1. The Morgan fingerprint density at radius 1 is 1.05 bits per heavy atom. The van der Waals surface area contributed by atoms with Crippen LogP contribution in [0.15, 0.2) is 39.4 Å². The lowest BCUT2D eigenvalue weighted by atomic mass is 10.0. The standard InChI is InChI=1S/C14H14Br2N2O2/c1-19-10-3-8(4-11(6-10)20-2)13(17)14-12(16)5-9(15)7-18-14/h3-7,13H,17H2,1-2H3. The maximum atomic E-state index is 6.30. The molecule has 0 radical (unpaired) electrons. The second-order valence-corrected chi connectivity index (χ2v) is 5.91. The number of nitrogens with zero attached hydrogens (tertiary/aromatic N) is 1. The molecule has 1 unspecified atom stereocenters. The van der Waals surface area contributed by atoms with Gasteiger partial charge in [0.25, 0.3) is 0 Å². The van der Waals surface area contributed by atoms with Gasteiger partial charge < -0.3 is 15.2 Å². The van der Waals surface area contributed by atoms with Crippen molar-refractivity contribution in [3.63, 3.8) is 0 Å². The number of hydrogen-bond donors (Lipinski definition) is 1. The Bertz CT molecular complexity index is 598. The van der Waals surface area contributed by atoms with Gasteiger partial charge >= 0.3 is 0 Å². The van der Waals surface area contributed by atoms with Crippen LogP contribution in [0.3, 0.4) is 0 Å². The molecule has 20 heavy (non-hydrogen) atoms. The van der Waals surface area contributed by atoms with Crippen LogP contribution in [0.1, 0.15) is 17.3 Å². The van der Waals surface area contributed by atoms with Crippen molar-refractivity contribution in [3.8, 4) is 11.5 Å². The Morgan fingerprint density at radius 3 is 2.15 bits per heavy atom. The lowest BCUT2D eigenvalue weighted by Gasteiger charge is -2.15. The van der Waals surface area contributed by atoms with Crippen molar-refractivity contribution in [2.75, 3.05) is 14.2 Å². The van der Waals surface area contributed by atoms with Gasteiger partial charge in [0.2, 0.25) is 0 Å². The van der Waals surface area contributed by atoms with E-state index < -0.39 is 0 Å². The first kappa shape index (κ1) is 15.3. The third-order valence-corrected chi connectivity index (χ3v) is 3.93. The summed E-state index contributed by atoms with van der Waals surface area (Å²) >= 11 is 6.86. The highest BCUT2D eigenvalue weighted by atomic mass is 79.9. The summed E-state index contributed by atoms with van der Waals surface area (Å²) in [6.45, 7) is 0. The minimum Gasteiger partial charge on any atom is -0.497 e. The number of methoxy groups -OCH3 is 2. The minimum absolute atomic E-state index is 0.374. The van der Waals surface area contributed by atoms with Crippen LogP contribution in [0.4, 0.5) is 0 Å². The summed E-state index contributed by atoms with van der Waals surface area (Å²) in [6, 6.07) is 7.11. The average Bonchev–Trinajstić information content (AvgIpc) is 2.46. The number of ether oxygens (including phenoxy) is 2. The molecule has 6 heteroatoms. The molecule has 0 aliphatic rings. The minimum atomic E-state index is -0.374. The number of benzene rings is 1. The molecular formula is C14H14Br2N2O2. The molecule has 1 atom stereocenters. The lowest BCUT2D eigenvalue weighted by molar-refractivity contribution is 0.393. The Kier molecular flexibility index (Phi) is 5.01. The number of nitrogens with two attached hydrogens (primary N) is 1. The monoisotopic (exact) mass is 400 g/mol. The van der Waals surface area contributed by atoms with Gasteiger partial charge in [0.1, 0.15) is 11.5 Å². The summed E-state index contributed by atoms with van der Waals surface area (Å²) in [4.78, 5) is 4.36. The first-order valence-electron chi connectivity index (χ1n) is 5.84. The predicted octanol–water partition coefficient (Wildman–Crippen LogP) is 3.67. The highest BCUT2D eigenvalue weighted by molar-refractivity contribution is 9.11. The van der Waals surface area contributed by atoms with Crippen LogP contribution in [0.5, 0.6) is 11.5 Å². The van der Waals surface area contributed by atoms with E-state index in [9.17, 15) is 0 Å². The Labute approximate surface area is 134 Å². The third-order valence-electron chi connectivity index (χ3n) is 2.86. The zero-order valence-corrected chi connectivity index (χ0v) is 14.2. The van der Waals surface area contributed by atoms with Gasteiger partial charge in [-0.2, -0.15) is 0 Å². The summed E-state index contributed by atoms with van der Waals surface area (Å²) in [7, 11) is 3.22. The molecule has 0 amide bonds. The Morgan fingerprint density at radius 2 is 1.65 bits per heavy atom. The maximum Gasteiger partial charge on any atom is 0.122 e. The van der Waals surface area contributed by atoms with Crippen molar-refractivity contribution in [1.29, 1.82) is 0 Å². The van der Waals surface area contributed by atoms with Gasteiger partial charge in [0, 0.05) is 21.2 Å². The Balaban J connectivity index is 2.44. The van der Waals surface area contributed by atoms with E-state index in [-0.39, 0.29) is 6.04 Å². The molecule has 0 saturated heterocycles. The van der Waals surface area contributed by atoms with E-state index in [0.717, 1.165) is 20.2 Å². The topological polar surface area (TPSA) is 57.4 Å². The molecular weight excluding hydrogens is 388 g/mol. The Hall–Kier alpha value is -1.11. The van der Waals surface area contributed by atoms with Crippen molar-refractivity contribution < 1.29 is 9.47 Å². The quantitative estimate of drug-likeness (QED) is 0.848. The van der Waals surface area contributed by atoms with Crippen LogP contribution in [-0.4, -0.2) is 19.2 Å². The smallest absolute Gasteiger partial charge is 0.122 e. The van der Waals surface area contributed by atoms with Crippen molar-refractivity contribution >= 4 is 31.9 Å². The van der Waals surface area contributed by atoms with E-state index in [2.05, 4.69) is 36.8 Å². The molecule has 2 rings (SSSR count). The molecule has 0 spiro atoms. The van der Waals surface area contributed by atoms with Gasteiger partial charge in [0.05, 0.1) is 26.0 Å². The molecule has 106 valence electrons. The first-order chi connectivity index (χ1) is 9.55. The van der Waals surface area contributed by atoms with Crippen LogP contribution < -0.4 is 15.2 Å². The van der Waals surface area contributed by atoms with Gasteiger partial charge in [-0.25, -0.2) is 0 Å². The molecule has 0 fully saturated rings. The third kappa shape index (κ3) is 3.31. The normalized spacial score (nSPS) is 12.1. The molecule has 0 aliphatic heterocycles. The maximum absolute atomic E-state index is 6.30. The van der Waals surface area contributed by atoms with Crippen LogP contribution in [-0.2, 0) is 0 Å². The number of hydrogen-bond acceptors (Lipinski definition) is 4. The van der Waals surface area contributed by atoms with E-state index in [4.69, 9.17) is 15.2 Å². The molecule has 1 heterocycles. The van der Waals surface area contributed by atoms with Crippen molar-refractivity contribution in [2.45, 2.75) is 6.04 Å². The molecule has 2 N–H and O–H groups in total. The van der Waals surface area contributed by atoms with Gasteiger partial charge in [-0.1, -0.05) is 0 Å². The fourth-order valence-corrected chi connectivity index (χ4v) is 3.05. The van der Waals surface area contributed by atoms with E-state index >= 15 is 0 Å². The number of rotatable bonds is 4. The van der Waals surface area contributed by atoms with E-state index in [1.54, 1.807) is 26.5 Å². The van der Waals surface area contributed by atoms with Gasteiger partial charge in [-0.3, -0.25) is 4.98 Å². The first-order valence-corrected chi connectivity index (χ1v) is 7.43. The van der Waals surface area contributed by atoms with Gasteiger partial charge in [0.15, 0.2) is 0 Å². The second-order valence-electron chi connectivity index (χ2n) is 4.14. The van der Waals surface area contributed by atoms with E-state index in [1.807, 2.05) is 18.2 Å². The van der Waals surface area contributed by atoms with Crippen LogP contribution >= 0.6 is 31.9 Å². The molecule has 1 aromatic carbocycles. The van der Waals surface area contributed by atoms with Crippen molar-refractivity contribution in [2.24, 2.45) is 5.73 Å². The molecule has 0 saturated carbocycles.